The lowest BCUT2D eigenvalue weighted by molar-refractivity contribution is -0.133. The first kappa shape index (κ1) is 16.7. The second-order valence-electron chi connectivity index (χ2n) is 6.42. The van der Waals surface area contributed by atoms with Crippen LogP contribution in [0.2, 0.25) is 0 Å². The molecular weight excluding hydrogens is 292 g/mol. The Hall–Kier alpha value is -0.660. The van der Waals surface area contributed by atoms with Crippen molar-refractivity contribution in [3.63, 3.8) is 0 Å². The van der Waals surface area contributed by atoms with E-state index in [1.165, 1.54) is 26.3 Å². The lowest BCUT2D eigenvalue weighted by atomic mass is 9.82. The first-order valence-corrected chi connectivity index (χ1v) is 9.52. The summed E-state index contributed by atoms with van der Waals surface area (Å²) in [6.45, 7) is 0.187. The molecule has 6 nitrogen and oxygen atoms in total. The summed E-state index contributed by atoms with van der Waals surface area (Å²) in [7, 11) is -1.95. The van der Waals surface area contributed by atoms with Gasteiger partial charge in [-0.1, -0.05) is 19.3 Å². The van der Waals surface area contributed by atoms with Gasteiger partial charge in [0.2, 0.25) is 15.9 Å². The van der Waals surface area contributed by atoms with E-state index < -0.39 is 16.1 Å². The molecule has 2 fully saturated rings. The minimum Gasteiger partial charge on any atom is -0.391 e. The van der Waals surface area contributed by atoms with Crippen LogP contribution in [0.1, 0.15) is 38.5 Å². The molecule has 1 amide bonds. The van der Waals surface area contributed by atoms with E-state index in [2.05, 4.69) is 0 Å². The summed E-state index contributed by atoms with van der Waals surface area (Å²) in [5.41, 5.74) is 0. The Morgan fingerprint density at radius 3 is 2.48 bits per heavy atom. The van der Waals surface area contributed by atoms with Crippen LogP contribution in [-0.2, 0) is 14.8 Å². The van der Waals surface area contributed by atoms with Crippen molar-refractivity contribution in [3.8, 4) is 0 Å². The van der Waals surface area contributed by atoms with E-state index in [1.54, 1.807) is 4.90 Å². The molecule has 1 aliphatic heterocycles. The fourth-order valence-electron chi connectivity index (χ4n) is 3.49. The van der Waals surface area contributed by atoms with Crippen LogP contribution in [0, 0.1) is 5.92 Å². The Morgan fingerprint density at radius 2 is 1.90 bits per heavy atom. The number of aliphatic hydroxyl groups is 1. The molecule has 0 aromatic rings. The van der Waals surface area contributed by atoms with Crippen molar-refractivity contribution in [2.45, 2.75) is 50.7 Å². The van der Waals surface area contributed by atoms with E-state index in [0.29, 0.717) is 18.9 Å². The van der Waals surface area contributed by atoms with Gasteiger partial charge in [0, 0.05) is 19.6 Å². The molecule has 1 saturated heterocycles. The van der Waals surface area contributed by atoms with E-state index in [9.17, 15) is 18.3 Å². The second-order valence-corrected chi connectivity index (χ2v) is 8.51. The molecule has 2 rings (SSSR count). The second kappa shape index (κ2) is 6.62. The van der Waals surface area contributed by atoms with Crippen LogP contribution < -0.4 is 0 Å². The van der Waals surface area contributed by atoms with E-state index in [4.69, 9.17) is 0 Å². The quantitative estimate of drug-likeness (QED) is 0.815. The van der Waals surface area contributed by atoms with Crippen molar-refractivity contribution in [3.05, 3.63) is 0 Å². The first-order valence-electron chi connectivity index (χ1n) is 7.68. The summed E-state index contributed by atoms with van der Waals surface area (Å²) in [5.74, 6) is 0.249. The Kier molecular flexibility index (Phi) is 5.27. The standard InChI is InChI=1S/C14H26N2O4S/c1-15(21(2,19)20)10-14(18)16-9-12(17)8-13(16)11-6-4-3-5-7-11/h11-13,17H,3-10H2,1-2H3/t12-,13+/m1/s1. The summed E-state index contributed by atoms with van der Waals surface area (Å²) in [6.07, 6.45) is 7.05. The SMILES string of the molecule is CN(CC(=O)N1C[C@H](O)C[C@H]1C1CCCCC1)S(C)(=O)=O. The van der Waals surface area contributed by atoms with Gasteiger partial charge in [0.15, 0.2) is 0 Å². The van der Waals surface area contributed by atoms with Crippen molar-refractivity contribution < 1.29 is 18.3 Å². The molecule has 1 saturated carbocycles. The van der Waals surface area contributed by atoms with Crippen LogP contribution in [0.5, 0.6) is 0 Å². The maximum Gasteiger partial charge on any atom is 0.238 e. The molecule has 0 radical (unpaired) electrons. The highest BCUT2D eigenvalue weighted by Gasteiger charge is 2.39. The predicted octanol–water partition coefficient (Wildman–Crippen LogP) is 0.420. The third-order valence-electron chi connectivity index (χ3n) is 4.76. The molecule has 0 aromatic heterocycles. The van der Waals surface area contributed by atoms with Gasteiger partial charge >= 0.3 is 0 Å². The number of rotatable bonds is 4. The highest BCUT2D eigenvalue weighted by molar-refractivity contribution is 7.88. The molecule has 0 bridgehead atoms. The first-order chi connectivity index (χ1) is 9.79. The predicted molar refractivity (Wildman–Crippen MR) is 80.2 cm³/mol. The fraction of sp³-hybridized carbons (Fsp3) is 0.929. The number of carbonyl (C=O) groups excluding carboxylic acids is 1. The van der Waals surface area contributed by atoms with E-state index in [1.807, 2.05) is 0 Å². The molecular formula is C14H26N2O4S. The average Bonchev–Trinajstić information content (AvgIpc) is 2.81. The van der Waals surface area contributed by atoms with Crippen LogP contribution in [0.25, 0.3) is 0 Å². The van der Waals surface area contributed by atoms with E-state index in [0.717, 1.165) is 23.4 Å². The molecule has 0 aromatic carbocycles. The molecule has 0 unspecified atom stereocenters. The van der Waals surface area contributed by atoms with E-state index >= 15 is 0 Å². The number of likely N-dealkylation sites (N-methyl/N-ethyl adjacent to an activating group) is 1. The summed E-state index contributed by atoms with van der Waals surface area (Å²) < 4.78 is 23.9. The number of amides is 1. The van der Waals surface area contributed by atoms with Crippen LogP contribution in [0.15, 0.2) is 0 Å². The molecule has 2 atom stereocenters. The third kappa shape index (κ3) is 4.17. The maximum atomic E-state index is 12.4. The largest absolute Gasteiger partial charge is 0.391 e. The number of hydrogen-bond donors (Lipinski definition) is 1. The van der Waals surface area contributed by atoms with Gasteiger partial charge in [-0.15, -0.1) is 0 Å². The van der Waals surface area contributed by atoms with Gasteiger partial charge < -0.3 is 10.0 Å². The van der Waals surface area contributed by atoms with Gasteiger partial charge in [0.1, 0.15) is 0 Å². The number of carbonyl (C=O) groups is 1. The highest BCUT2D eigenvalue weighted by atomic mass is 32.2. The molecule has 1 aliphatic carbocycles. The van der Waals surface area contributed by atoms with Gasteiger partial charge in [-0.05, 0) is 25.2 Å². The molecule has 1 N–H and O–H groups in total. The van der Waals surface area contributed by atoms with Crippen molar-refractivity contribution >= 4 is 15.9 Å². The average molecular weight is 318 g/mol. The summed E-state index contributed by atoms with van der Waals surface area (Å²) in [5, 5.41) is 9.92. The molecule has 122 valence electrons. The zero-order valence-electron chi connectivity index (χ0n) is 12.9. The van der Waals surface area contributed by atoms with E-state index in [-0.39, 0.29) is 18.5 Å². The number of β-amino-alcohol motifs (C(OH)–C–C–N with tert-alkyl or cyclic N) is 1. The minimum atomic E-state index is -3.36. The fourth-order valence-corrected chi connectivity index (χ4v) is 3.84. The molecule has 21 heavy (non-hydrogen) atoms. The van der Waals surface area contributed by atoms with Crippen molar-refractivity contribution in [1.82, 2.24) is 9.21 Å². The molecule has 2 aliphatic rings. The zero-order chi connectivity index (χ0) is 15.6. The topological polar surface area (TPSA) is 77.9 Å². The number of sulfonamides is 1. The summed E-state index contributed by atoms with van der Waals surface area (Å²) >= 11 is 0. The lowest BCUT2D eigenvalue weighted by Gasteiger charge is -2.34. The molecule has 0 spiro atoms. The number of likely N-dealkylation sites (tertiary alicyclic amines) is 1. The Balaban J connectivity index is 2.03. The smallest absolute Gasteiger partial charge is 0.238 e. The van der Waals surface area contributed by atoms with Gasteiger partial charge in [0.25, 0.3) is 0 Å². The van der Waals surface area contributed by atoms with Crippen LogP contribution >= 0.6 is 0 Å². The van der Waals surface area contributed by atoms with Crippen LogP contribution in [0.4, 0.5) is 0 Å². The van der Waals surface area contributed by atoms with Gasteiger partial charge in [0.05, 0.1) is 18.9 Å². The molecule has 7 heteroatoms. The number of aliphatic hydroxyl groups excluding tert-OH is 1. The van der Waals surface area contributed by atoms with Crippen molar-refractivity contribution in [1.29, 1.82) is 0 Å². The van der Waals surface area contributed by atoms with Crippen LogP contribution in [-0.4, -0.2) is 67.2 Å². The number of nitrogens with zero attached hydrogens (tertiary/aromatic N) is 2. The zero-order valence-corrected chi connectivity index (χ0v) is 13.7. The minimum absolute atomic E-state index is 0.0701. The van der Waals surface area contributed by atoms with Gasteiger partial charge in [-0.2, -0.15) is 4.31 Å². The summed E-state index contributed by atoms with van der Waals surface area (Å²) in [6, 6.07) is 0.0701. The Labute approximate surface area is 127 Å². The van der Waals surface area contributed by atoms with Crippen molar-refractivity contribution in [2.75, 3.05) is 26.4 Å². The molecule has 1 heterocycles. The lowest BCUT2D eigenvalue weighted by Crippen LogP contribution is -2.46. The number of hydrogen-bond acceptors (Lipinski definition) is 4. The third-order valence-corrected chi connectivity index (χ3v) is 6.02. The van der Waals surface area contributed by atoms with Gasteiger partial charge in [-0.25, -0.2) is 8.42 Å². The Bertz CT molecular complexity index is 473. The maximum absolute atomic E-state index is 12.4. The highest BCUT2D eigenvalue weighted by Crippen LogP contribution is 2.34. The van der Waals surface area contributed by atoms with Crippen molar-refractivity contribution in [2.24, 2.45) is 5.92 Å². The van der Waals surface area contributed by atoms with Gasteiger partial charge in [-0.3, -0.25) is 4.79 Å². The Morgan fingerprint density at radius 1 is 1.29 bits per heavy atom. The normalized spacial score (nSPS) is 28.3. The summed E-state index contributed by atoms with van der Waals surface area (Å²) in [4.78, 5) is 14.1. The monoisotopic (exact) mass is 318 g/mol. The van der Waals surface area contributed by atoms with Crippen LogP contribution in [0.3, 0.4) is 0 Å².